The van der Waals surface area contributed by atoms with Gasteiger partial charge in [0.05, 0.1) is 5.69 Å². The van der Waals surface area contributed by atoms with Crippen molar-refractivity contribution in [2.24, 2.45) is 0 Å². The zero-order chi connectivity index (χ0) is 45.3. The van der Waals surface area contributed by atoms with Crippen LogP contribution in [-0.2, 0) is 5.41 Å². The third-order valence-electron chi connectivity index (χ3n) is 14.2. The molecular formula is C65H46N2O. The first-order valence-corrected chi connectivity index (χ1v) is 23.5. The number of anilines is 6. The predicted molar refractivity (Wildman–Crippen MR) is 285 cm³/mol. The fourth-order valence-electron chi connectivity index (χ4n) is 11.0. The molecule has 3 nitrogen and oxygen atoms in total. The van der Waals surface area contributed by atoms with Crippen LogP contribution in [0.25, 0.3) is 66.1 Å². The highest BCUT2D eigenvalue weighted by Crippen LogP contribution is 2.54. The van der Waals surface area contributed by atoms with Crippen LogP contribution in [0, 0.1) is 0 Å². The van der Waals surface area contributed by atoms with Gasteiger partial charge in [-0.25, -0.2) is 0 Å². The summed E-state index contributed by atoms with van der Waals surface area (Å²) in [5.74, 6) is 1.74. The van der Waals surface area contributed by atoms with E-state index in [1.54, 1.807) is 0 Å². The summed E-state index contributed by atoms with van der Waals surface area (Å²) < 4.78 is 7.06. The average molecular weight is 871 g/mol. The van der Waals surface area contributed by atoms with Crippen molar-refractivity contribution in [3.8, 4) is 56.0 Å². The average Bonchev–Trinajstić information content (AvgIpc) is 3.62. The largest absolute Gasteiger partial charge is 0.455 e. The van der Waals surface area contributed by atoms with Gasteiger partial charge in [-0.2, -0.15) is 0 Å². The second kappa shape index (κ2) is 15.8. The number of fused-ring (bicyclic) bond motifs is 6. The molecule has 68 heavy (non-hydrogen) atoms. The predicted octanol–water partition coefficient (Wildman–Crippen LogP) is 18.3. The maximum absolute atomic E-state index is 7.06. The van der Waals surface area contributed by atoms with Crippen molar-refractivity contribution in [3.63, 3.8) is 0 Å². The Hall–Kier alpha value is -8.66. The van der Waals surface area contributed by atoms with Crippen LogP contribution in [0.5, 0.6) is 11.5 Å². The lowest BCUT2D eigenvalue weighted by Crippen LogP contribution is -2.16. The van der Waals surface area contributed by atoms with Gasteiger partial charge < -0.3 is 14.5 Å². The minimum Gasteiger partial charge on any atom is -0.455 e. The van der Waals surface area contributed by atoms with E-state index in [-0.39, 0.29) is 5.41 Å². The Morgan fingerprint density at radius 2 is 0.882 bits per heavy atom. The molecule has 0 amide bonds. The van der Waals surface area contributed by atoms with Crippen LogP contribution in [0.3, 0.4) is 0 Å². The fraction of sp³-hybridized carbons (Fsp3) is 0.0462. The minimum atomic E-state index is -0.0992. The zero-order valence-corrected chi connectivity index (χ0v) is 37.9. The van der Waals surface area contributed by atoms with Crippen molar-refractivity contribution < 1.29 is 4.74 Å². The van der Waals surface area contributed by atoms with E-state index >= 15 is 0 Å². The first kappa shape index (κ1) is 39.7. The zero-order valence-electron chi connectivity index (χ0n) is 37.9. The van der Waals surface area contributed by atoms with E-state index < -0.39 is 0 Å². The number of hydrogen-bond donors (Lipinski definition) is 0. The van der Waals surface area contributed by atoms with Gasteiger partial charge in [0, 0.05) is 55.8 Å². The van der Waals surface area contributed by atoms with Crippen LogP contribution >= 0.6 is 0 Å². The molecule has 2 aliphatic rings. The Labute approximate surface area is 397 Å². The van der Waals surface area contributed by atoms with Gasteiger partial charge in [-0.15, -0.1) is 0 Å². The van der Waals surface area contributed by atoms with Gasteiger partial charge in [0.2, 0.25) is 0 Å². The highest BCUT2D eigenvalue weighted by molar-refractivity contribution is 6.12. The van der Waals surface area contributed by atoms with Crippen LogP contribution in [-0.4, -0.2) is 0 Å². The number of rotatable bonds is 8. The fourth-order valence-corrected chi connectivity index (χ4v) is 11.0. The second-order valence-corrected chi connectivity index (χ2v) is 18.5. The molecule has 0 saturated heterocycles. The summed E-state index contributed by atoms with van der Waals surface area (Å²) in [6.07, 6.45) is 0. The van der Waals surface area contributed by atoms with Crippen molar-refractivity contribution in [3.05, 3.63) is 254 Å². The van der Waals surface area contributed by atoms with Crippen molar-refractivity contribution in [1.82, 2.24) is 0 Å². The van der Waals surface area contributed by atoms with Crippen molar-refractivity contribution in [2.75, 3.05) is 9.80 Å². The summed E-state index contributed by atoms with van der Waals surface area (Å²) >= 11 is 0. The monoisotopic (exact) mass is 870 g/mol. The van der Waals surface area contributed by atoms with Gasteiger partial charge in [-0.1, -0.05) is 178 Å². The molecule has 0 atom stereocenters. The van der Waals surface area contributed by atoms with E-state index in [9.17, 15) is 0 Å². The molecule has 0 spiro atoms. The summed E-state index contributed by atoms with van der Waals surface area (Å²) in [6.45, 7) is 4.69. The number of ether oxygens (including phenoxy) is 1. The second-order valence-electron chi connectivity index (χ2n) is 18.5. The molecule has 322 valence electrons. The van der Waals surface area contributed by atoms with Gasteiger partial charge in [-0.3, -0.25) is 0 Å². The van der Waals surface area contributed by atoms with Gasteiger partial charge in [0.15, 0.2) is 0 Å². The van der Waals surface area contributed by atoms with Crippen molar-refractivity contribution >= 4 is 55.7 Å². The van der Waals surface area contributed by atoms with E-state index in [2.05, 4.69) is 266 Å². The van der Waals surface area contributed by atoms with E-state index in [0.717, 1.165) is 84.2 Å². The molecule has 0 aromatic heterocycles. The normalized spacial score (nSPS) is 12.8. The topological polar surface area (TPSA) is 15.7 Å². The molecule has 0 saturated carbocycles. The molecule has 11 aromatic carbocycles. The highest BCUT2D eigenvalue weighted by Gasteiger charge is 2.36. The van der Waals surface area contributed by atoms with E-state index in [4.69, 9.17) is 4.74 Å². The molecular weight excluding hydrogens is 825 g/mol. The Morgan fingerprint density at radius 3 is 1.63 bits per heavy atom. The highest BCUT2D eigenvalue weighted by atomic mass is 16.5. The standard InChI is InChI=1S/C65H46N2O/c1-65(2)59-31-15-14-26-54(59)55-37-36-50(42-60(55)65)66(46-19-6-3-7-20-46)49-34-32-43(33-35-49)53-27-16-30-58-57-29-17-28-56-51(38-39-62(63(56)57)68-64(53)58)45-40-44-18-12-13-25-52(44)61(41-45)67(47-21-8-4-9-22-47)48-23-10-5-11-24-48/h3-42H,1-2H3. The minimum absolute atomic E-state index is 0.0992. The molecule has 0 bridgehead atoms. The molecule has 1 aliphatic heterocycles. The first-order chi connectivity index (χ1) is 33.5. The molecule has 1 aliphatic carbocycles. The summed E-state index contributed by atoms with van der Waals surface area (Å²) in [6, 6.07) is 87.8. The van der Waals surface area contributed by atoms with Gasteiger partial charge in [0.25, 0.3) is 0 Å². The summed E-state index contributed by atoms with van der Waals surface area (Å²) in [4.78, 5) is 4.74. The Bertz CT molecular complexity index is 3690. The molecule has 3 heteroatoms. The molecule has 1 heterocycles. The maximum atomic E-state index is 7.06. The number of nitrogens with zero attached hydrogens (tertiary/aromatic N) is 2. The third-order valence-corrected chi connectivity index (χ3v) is 14.2. The Morgan fingerprint density at radius 1 is 0.338 bits per heavy atom. The lowest BCUT2D eigenvalue weighted by molar-refractivity contribution is 0.489. The summed E-state index contributed by atoms with van der Waals surface area (Å²) in [5.41, 5.74) is 18.7. The molecule has 0 unspecified atom stereocenters. The van der Waals surface area contributed by atoms with Crippen LogP contribution < -0.4 is 14.5 Å². The van der Waals surface area contributed by atoms with Gasteiger partial charge in [-0.05, 0) is 134 Å². The smallest absolute Gasteiger partial charge is 0.143 e. The summed E-state index contributed by atoms with van der Waals surface area (Å²) in [5, 5.41) is 4.66. The Balaban J connectivity index is 0.891. The summed E-state index contributed by atoms with van der Waals surface area (Å²) in [7, 11) is 0. The maximum Gasteiger partial charge on any atom is 0.143 e. The van der Waals surface area contributed by atoms with E-state index in [0.29, 0.717) is 0 Å². The lowest BCUT2D eigenvalue weighted by atomic mass is 9.82. The van der Waals surface area contributed by atoms with Gasteiger partial charge in [0.1, 0.15) is 11.5 Å². The van der Waals surface area contributed by atoms with E-state index in [1.165, 1.54) is 38.6 Å². The SMILES string of the molecule is CC1(C)c2ccccc2-c2ccc(N(c3ccccc3)c3ccc(-c4cccc5c4Oc4ccc(-c6cc(N(c7ccccc7)c7ccccc7)c7ccccc7c6)c6cccc-5c46)cc3)cc21. The number of benzene rings is 11. The molecule has 11 aromatic rings. The molecule has 0 N–H and O–H groups in total. The Kier molecular flexibility index (Phi) is 9.19. The number of hydrogen-bond acceptors (Lipinski definition) is 3. The van der Waals surface area contributed by atoms with Crippen molar-refractivity contribution in [1.29, 1.82) is 0 Å². The third kappa shape index (κ3) is 6.35. The van der Waals surface area contributed by atoms with Crippen LogP contribution in [0.4, 0.5) is 34.1 Å². The lowest BCUT2D eigenvalue weighted by Gasteiger charge is -2.28. The quantitative estimate of drug-likeness (QED) is 0.151. The van der Waals surface area contributed by atoms with Crippen LogP contribution in [0.1, 0.15) is 25.0 Å². The molecule has 0 fully saturated rings. The van der Waals surface area contributed by atoms with Crippen LogP contribution in [0.2, 0.25) is 0 Å². The van der Waals surface area contributed by atoms with E-state index in [1.807, 2.05) is 0 Å². The van der Waals surface area contributed by atoms with Crippen molar-refractivity contribution in [2.45, 2.75) is 19.3 Å². The van der Waals surface area contributed by atoms with Gasteiger partial charge >= 0.3 is 0 Å². The molecule has 0 radical (unpaired) electrons. The van der Waals surface area contributed by atoms with Crippen LogP contribution in [0.15, 0.2) is 243 Å². The molecule has 13 rings (SSSR count). The first-order valence-electron chi connectivity index (χ1n) is 23.5. The number of para-hydroxylation sites is 4.